The van der Waals surface area contributed by atoms with Crippen LogP contribution in [0.5, 0.6) is 0 Å². The van der Waals surface area contributed by atoms with E-state index in [4.69, 9.17) is 0 Å². The van der Waals surface area contributed by atoms with Crippen LogP contribution in [0.25, 0.3) is 0 Å². The number of rotatable bonds is 3. The highest BCUT2D eigenvalue weighted by Crippen LogP contribution is 2.28. The molecular formula is C15H13F2NO. The highest BCUT2D eigenvalue weighted by Gasteiger charge is 2.13. The second kappa shape index (κ2) is 5.18. The lowest BCUT2D eigenvalue weighted by atomic mass is 10.1. The number of anilines is 2. The lowest BCUT2D eigenvalue weighted by molar-refractivity contribution is 0.101. The summed E-state index contributed by atoms with van der Waals surface area (Å²) in [6.45, 7) is 1.39. The molecule has 0 saturated heterocycles. The van der Waals surface area contributed by atoms with Crippen molar-refractivity contribution in [3.8, 4) is 0 Å². The summed E-state index contributed by atoms with van der Waals surface area (Å²) in [7, 11) is 1.74. The largest absolute Gasteiger partial charge is 0.344 e. The van der Waals surface area contributed by atoms with Gasteiger partial charge in [0.05, 0.1) is 5.69 Å². The summed E-state index contributed by atoms with van der Waals surface area (Å²) in [6, 6.07) is 9.91. The van der Waals surface area contributed by atoms with Crippen LogP contribution in [0.1, 0.15) is 17.3 Å². The number of hydrogen-bond donors (Lipinski definition) is 0. The van der Waals surface area contributed by atoms with E-state index in [0.717, 1.165) is 5.69 Å². The van der Waals surface area contributed by atoms with Crippen LogP contribution in [0, 0.1) is 11.6 Å². The fraction of sp³-hybridized carbons (Fsp3) is 0.133. The van der Waals surface area contributed by atoms with Gasteiger partial charge in [-0.3, -0.25) is 4.79 Å². The van der Waals surface area contributed by atoms with Crippen molar-refractivity contribution >= 4 is 17.2 Å². The van der Waals surface area contributed by atoms with Crippen molar-refractivity contribution in [3.63, 3.8) is 0 Å². The average molecular weight is 261 g/mol. The Morgan fingerprint density at radius 3 is 2.16 bits per heavy atom. The molecule has 4 heteroatoms. The molecule has 0 aliphatic rings. The standard InChI is InChI=1S/C15H13F2NO/c1-10(19)14-9-12(17)5-8-15(14)18(2)13-6-3-11(16)4-7-13/h3-9H,1-2H3. The Bertz CT molecular complexity index is 608. The van der Waals surface area contributed by atoms with Crippen molar-refractivity contribution in [2.45, 2.75) is 6.92 Å². The van der Waals surface area contributed by atoms with E-state index in [-0.39, 0.29) is 11.6 Å². The molecule has 0 spiro atoms. The van der Waals surface area contributed by atoms with Crippen molar-refractivity contribution in [3.05, 3.63) is 59.7 Å². The van der Waals surface area contributed by atoms with E-state index in [9.17, 15) is 13.6 Å². The minimum Gasteiger partial charge on any atom is -0.344 e. The molecule has 19 heavy (non-hydrogen) atoms. The summed E-state index contributed by atoms with van der Waals surface area (Å²) in [5.41, 5.74) is 1.60. The molecule has 98 valence electrons. The van der Waals surface area contributed by atoms with Gasteiger partial charge in [0.25, 0.3) is 0 Å². The van der Waals surface area contributed by atoms with Crippen LogP contribution >= 0.6 is 0 Å². The zero-order valence-electron chi connectivity index (χ0n) is 10.7. The van der Waals surface area contributed by atoms with E-state index in [1.165, 1.54) is 37.3 Å². The van der Waals surface area contributed by atoms with Gasteiger partial charge in [-0.1, -0.05) is 0 Å². The minimum atomic E-state index is -0.457. The molecule has 0 aliphatic carbocycles. The number of nitrogens with zero attached hydrogens (tertiary/aromatic N) is 1. The average Bonchev–Trinajstić information content (AvgIpc) is 2.38. The molecular weight excluding hydrogens is 248 g/mol. The molecule has 0 bridgehead atoms. The summed E-state index contributed by atoms with van der Waals surface area (Å²) in [5, 5.41) is 0. The van der Waals surface area contributed by atoms with E-state index >= 15 is 0 Å². The molecule has 0 aromatic heterocycles. The maximum Gasteiger partial charge on any atom is 0.162 e. The topological polar surface area (TPSA) is 20.3 Å². The predicted octanol–water partition coefficient (Wildman–Crippen LogP) is 3.94. The number of benzene rings is 2. The van der Waals surface area contributed by atoms with Crippen molar-refractivity contribution < 1.29 is 13.6 Å². The molecule has 2 rings (SSSR count). The number of hydrogen-bond acceptors (Lipinski definition) is 2. The van der Waals surface area contributed by atoms with Gasteiger partial charge in [0.15, 0.2) is 5.78 Å². The first kappa shape index (κ1) is 13.2. The van der Waals surface area contributed by atoms with Gasteiger partial charge < -0.3 is 4.90 Å². The van der Waals surface area contributed by atoms with Crippen LogP contribution in [-0.2, 0) is 0 Å². The van der Waals surface area contributed by atoms with E-state index in [0.29, 0.717) is 11.3 Å². The van der Waals surface area contributed by atoms with E-state index < -0.39 is 5.82 Å². The zero-order valence-corrected chi connectivity index (χ0v) is 10.7. The summed E-state index contributed by atoms with van der Waals surface area (Å²) in [4.78, 5) is 13.3. The van der Waals surface area contributed by atoms with Crippen molar-refractivity contribution in [2.24, 2.45) is 0 Å². The Morgan fingerprint density at radius 2 is 1.58 bits per heavy atom. The van der Waals surface area contributed by atoms with Gasteiger partial charge in [-0.25, -0.2) is 8.78 Å². The fourth-order valence-corrected chi connectivity index (χ4v) is 1.89. The quantitative estimate of drug-likeness (QED) is 0.780. The first-order chi connectivity index (χ1) is 8.99. The molecule has 0 N–H and O–H groups in total. The van der Waals surface area contributed by atoms with Crippen LogP contribution in [0.3, 0.4) is 0 Å². The first-order valence-electron chi connectivity index (χ1n) is 5.79. The third-order valence-corrected chi connectivity index (χ3v) is 2.91. The van der Waals surface area contributed by atoms with Gasteiger partial charge >= 0.3 is 0 Å². The molecule has 0 amide bonds. The smallest absolute Gasteiger partial charge is 0.162 e. The Balaban J connectivity index is 2.46. The maximum atomic E-state index is 13.2. The van der Waals surface area contributed by atoms with Crippen LogP contribution in [0.2, 0.25) is 0 Å². The van der Waals surface area contributed by atoms with E-state index in [2.05, 4.69) is 0 Å². The third kappa shape index (κ3) is 2.78. The molecule has 2 aromatic rings. The van der Waals surface area contributed by atoms with Gasteiger partial charge in [0.1, 0.15) is 11.6 Å². The van der Waals surface area contributed by atoms with Crippen LogP contribution in [0.15, 0.2) is 42.5 Å². The summed E-state index contributed by atoms with van der Waals surface area (Å²) >= 11 is 0. The maximum absolute atomic E-state index is 13.2. The Labute approximate surface area is 110 Å². The second-order valence-corrected chi connectivity index (χ2v) is 4.25. The number of carbonyl (C=O) groups is 1. The molecule has 0 aliphatic heterocycles. The monoisotopic (exact) mass is 261 g/mol. The van der Waals surface area contributed by atoms with Crippen molar-refractivity contribution in [2.75, 3.05) is 11.9 Å². The van der Waals surface area contributed by atoms with Gasteiger partial charge in [0.2, 0.25) is 0 Å². The normalized spacial score (nSPS) is 10.3. The number of Topliss-reactive ketones (excluding diaryl/α,β-unsaturated/α-hetero) is 1. The van der Waals surface area contributed by atoms with E-state index in [1.54, 1.807) is 24.1 Å². The zero-order chi connectivity index (χ0) is 14.0. The Morgan fingerprint density at radius 1 is 1.00 bits per heavy atom. The summed E-state index contributed by atoms with van der Waals surface area (Å²) < 4.78 is 26.1. The molecule has 2 aromatic carbocycles. The van der Waals surface area contributed by atoms with Crippen LogP contribution in [-0.4, -0.2) is 12.8 Å². The SMILES string of the molecule is CC(=O)c1cc(F)ccc1N(C)c1ccc(F)cc1. The van der Waals surface area contributed by atoms with Crippen molar-refractivity contribution in [1.82, 2.24) is 0 Å². The van der Waals surface area contributed by atoms with Gasteiger partial charge in [0, 0.05) is 18.3 Å². The Kier molecular flexibility index (Phi) is 3.60. The van der Waals surface area contributed by atoms with E-state index in [1.807, 2.05) is 0 Å². The lowest BCUT2D eigenvalue weighted by Crippen LogP contribution is -2.13. The Hall–Kier alpha value is -2.23. The highest BCUT2D eigenvalue weighted by molar-refractivity contribution is 6.00. The molecule has 0 atom stereocenters. The van der Waals surface area contributed by atoms with Crippen molar-refractivity contribution in [1.29, 1.82) is 0 Å². The van der Waals surface area contributed by atoms with Crippen LogP contribution < -0.4 is 4.90 Å². The lowest BCUT2D eigenvalue weighted by Gasteiger charge is -2.21. The first-order valence-corrected chi connectivity index (χ1v) is 5.79. The molecule has 0 radical (unpaired) electrons. The van der Waals surface area contributed by atoms with Gasteiger partial charge in [-0.15, -0.1) is 0 Å². The summed E-state index contributed by atoms with van der Waals surface area (Å²) in [6.07, 6.45) is 0. The minimum absolute atomic E-state index is 0.219. The molecule has 0 unspecified atom stereocenters. The third-order valence-electron chi connectivity index (χ3n) is 2.91. The number of ketones is 1. The van der Waals surface area contributed by atoms with Gasteiger partial charge in [-0.2, -0.15) is 0 Å². The number of carbonyl (C=O) groups excluding carboxylic acids is 1. The summed E-state index contributed by atoms with van der Waals surface area (Å²) in [5.74, 6) is -1.01. The second-order valence-electron chi connectivity index (χ2n) is 4.25. The molecule has 0 saturated carbocycles. The molecule has 0 heterocycles. The molecule has 2 nitrogen and oxygen atoms in total. The fourth-order valence-electron chi connectivity index (χ4n) is 1.89. The number of halogens is 2. The van der Waals surface area contributed by atoms with Crippen LogP contribution in [0.4, 0.5) is 20.2 Å². The molecule has 0 fully saturated rings. The predicted molar refractivity (Wildman–Crippen MR) is 70.9 cm³/mol. The van der Waals surface area contributed by atoms with Gasteiger partial charge in [-0.05, 0) is 49.4 Å². The highest BCUT2D eigenvalue weighted by atomic mass is 19.1.